The molecule has 2 aromatic rings. The predicted octanol–water partition coefficient (Wildman–Crippen LogP) is 1.34. The molecule has 1 aliphatic rings. The number of nitrogens with one attached hydrogen (secondary N) is 2. The monoisotopic (exact) mass is 445 g/mol. The van der Waals surface area contributed by atoms with Crippen LogP contribution in [0.5, 0.6) is 0 Å². The van der Waals surface area contributed by atoms with Crippen LogP contribution in [0.15, 0.2) is 30.3 Å². The zero-order valence-electron chi connectivity index (χ0n) is 18.5. The topological polar surface area (TPSA) is 106 Å². The van der Waals surface area contributed by atoms with E-state index in [4.69, 9.17) is 4.74 Å². The van der Waals surface area contributed by atoms with Gasteiger partial charge in [-0.15, -0.1) is 0 Å². The Hall–Kier alpha value is -3.27. The van der Waals surface area contributed by atoms with E-state index in [9.17, 15) is 18.8 Å². The molecular weight excluding hydrogens is 417 g/mol. The molecule has 0 saturated carbocycles. The molecule has 32 heavy (non-hydrogen) atoms. The first kappa shape index (κ1) is 23.4. The van der Waals surface area contributed by atoms with Crippen LogP contribution in [0.1, 0.15) is 46.8 Å². The summed E-state index contributed by atoms with van der Waals surface area (Å²) in [4.78, 5) is 39.7. The zero-order chi connectivity index (χ0) is 23.3. The second kappa shape index (κ2) is 9.90. The number of amides is 3. The fourth-order valence-corrected chi connectivity index (χ4v) is 3.42. The van der Waals surface area contributed by atoms with Crippen LogP contribution in [0.25, 0.3) is 0 Å². The van der Waals surface area contributed by atoms with Gasteiger partial charge in [0.15, 0.2) is 5.69 Å². The summed E-state index contributed by atoms with van der Waals surface area (Å²) >= 11 is 0. The fraction of sp³-hybridized carbons (Fsp3) is 0.455. The van der Waals surface area contributed by atoms with Crippen molar-refractivity contribution in [3.05, 3.63) is 53.1 Å². The molecule has 0 saturated heterocycles. The number of carbonyl (C=O) groups excluding carboxylic acids is 3. The highest BCUT2D eigenvalue weighted by atomic mass is 19.1. The molecule has 2 heterocycles. The van der Waals surface area contributed by atoms with Gasteiger partial charge < -0.3 is 20.3 Å². The summed E-state index contributed by atoms with van der Waals surface area (Å²) in [6.45, 7) is 5.43. The van der Waals surface area contributed by atoms with E-state index >= 15 is 0 Å². The van der Waals surface area contributed by atoms with Crippen molar-refractivity contribution in [1.29, 1.82) is 0 Å². The first-order valence-corrected chi connectivity index (χ1v) is 10.5. The van der Waals surface area contributed by atoms with Gasteiger partial charge in [0.05, 0.1) is 6.54 Å². The highest BCUT2D eigenvalue weighted by Gasteiger charge is 2.46. The van der Waals surface area contributed by atoms with E-state index in [1.807, 2.05) is 6.92 Å². The number of nitrogens with zero attached hydrogens (tertiary/aromatic N) is 3. The average molecular weight is 445 g/mol. The maximum Gasteiger partial charge on any atom is 0.272 e. The third kappa shape index (κ3) is 4.96. The van der Waals surface area contributed by atoms with Gasteiger partial charge in [-0.3, -0.25) is 19.1 Å². The second-order valence-electron chi connectivity index (χ2n) is 7.83. The van der Waals surface area contributed by atoms with Crippen LogP contribution >= 0.6 is 0 Å². The molecular formula is C22H28FN5O4. The van der Waals surface area contributed by atoms with Crippen LogP contribution in [0.4, 0.5) is 4.39 Å². The van der Waals surface area contributed by atoms with E-state index in [2.05, 4.69) is 15.7 Å². The number of carbonyl (C=O) groups is 3. The van der Waals surface area contributed by atoms with Gasteiger partial charge in [0, 0.05) is 39.4 Å². The van der Waals surface area contributed by atoms with Crippen molar-refractivity contribution in [1.82, 2.24) is 25.3 Å². The van der Waals surface area contributed by atoms with Crippen LogP contribution in [-0.2, 0) is 22.6 Å². The van der Waals surface area contributed by atoms with E-state index in [0.717, 1.165) is 5.56 Å². The molecule has 0 bridgehead atoms. The van der Waals surface area contributed by atoms with E-state index in [0.29, 0.717) is 26.2 Å². The molecule has 0 aliphatic carbocycles. The molecule has 0 fully saturated rings. The van der Waals surface area contributed by atoms with Crippen LogP contribution in [0.3, 0.4) is 0 Å². The number of fused-ring (bicyclic) bond motifs is 1. The van der Waals surface area contributed by atoms with Crippen molar-refractivity contribution in [3.8, 4) is 0 Å². The van der Waals surface area contributed by atoms with Crippen LogP contribution in [0.2, 0.25) is 0 Å². The maximum absolute atomic E-state index is 13.1. The van der Waals surface area contributed by atoms with Crippen molar-refractivity contribution in [2.45, 2.75) is 38.9 Å². The summed E-state index contributed by atoms with van der Waals surface area (Å²) in [5, 5.41) is 9.81. The summed E-state index contributed by atoms with van der Waals surface area (Å²) in [6, 6.07) is 7.24. The lowest BCUT2D eigenvalue weighted by Crippen LogP contribution is -2.62. The first-order chi connectivity index (χ1) is 15.3. The Balaban J connectivity index is 1.67. The SMILES string of the molecule is CCOCCCNC(=O)c1cc2n(n1)C[C@](C)(C(=O)NCc1ccc(F)cc1)N(C)C2=O. The third-order valence-corrected chi connectivity index (χ3v) is 5.54. The number of benzene rings is 1. The average Bonchev–Trinajstić information content (AvgIpc) is 3.20. The summed E-state index contributed by atoms with van der Waals surface area (Å²) < 4.78 is 19.7. The van der Waals surface area contributed by atoms with Crippen molar-refractivity contribution < 1.29 is 23.5 Å². The summed E-state index contributed by atoms with van der Waals surface area (Å²) in [6.07, 6.45) is 0.668. The highest BCUT2D eigenvalue weighted by molar-refractivity contribution is 6.01. The van der Waals surface area contributed by atoms with Crippen molar-refractivity contribution in [3.63, 3.8) is 0 Å². The standard InChI is InChI=1S/C22H28FN5O4/c1-4-32-11-5-10-24-19(29)17-12-18-20(30)27(3)22(2,14-28(18)26-17)21(31)25-13-15-6-8-16(23)9-7-15/h6-9,12H,4-5,10-11,13-14H2,1-3H3,(H,24,29)(H,25,31)/t22-/m1/s1. The Morgan fingerprint density at radius 2 is 1.97 bits per heavy atom. The van der Waals surface area contributed by atoms with Crippen molar-refractivity contribution in [2.75, 3.05) is 26.8 Å². The number of rotatable bonds is 9. The van der Waals surface area contributed by atoms with Gasteiger partial charge in [0.25, 0.3) is 11.8 Å². The van der Waals surface area contributed by atoms with Gasteiger partial charge in [0.2, 0.25) is 5.91 Å². The third-order valence-electron chi connectivity index (χ3n) is 5.54. The number of ether oxygens (including phenoxy) is 1. The molecule has 0 unspecified atom stereocenters. The van der Waals surface area contributed by atoms with Gasteiger partial charge in [0.1, 0.15) is 17.1 Å². The van der Waals surface area contributed by atoms with Crippen LogP contribution in [0, 0.1) is 5.82 Å². The minimum Gasteiger partial charge on any atom is -0.382 e. The number of likely N-dealkylation sites (N-methyl/N-ethyl adjacent to an activating group) is 1. The van der Waals surface area contributed by atoms with Gasteiger partial charge in [-0.1, -0.05) is 12.1 Å². The predicted molar refractivity (Wildman–Crippen MR) is 114 cm³/mol. The maximum atomic E-state index is 13.1. The molecule has 3 amide bonds. The Bertz CT molecular complexity index is 991. The molecule has 1 atom stereocenters. The minimum absolute atomic E-state index is 0.0947. The smallest absolute Gasteiger partial charge is 0.272 e. The van der Waals surface area contributed by atoms with Crippen LogP contribution in [-0.4, -0.2) is 64.7 Å². The molecule has 9 nitrogen and oxygen atoms in total. The lowest BCUT2D eigenvalue weighted by atomic mass is 9.96. The number of aromatic nitrogens is 2. The number of hydrogen-bond donors (Lipinski definition) is 2. The lowest BCUT2D eigenvalue weighted by molar-refractivity contribution is -0.132. The number of hydrogen-bond acceptors (Lipinski definition) is 5. The molecule has 172 valence electrons. The van der Waals surface area contributed by atoms with E-state index in [-0.39, 0.29) is 42.1 Å². The minimum atomic E-state index is -1.21. The number of halogens is 1. The summed E-state index contributed by atoms with van der Waals surface area (Å²) in [7, 11) is 1.55. The largest absolute Gasteiger partial charge is 0.382 e. The van der Waals surface area contributed by atoms with Gasteiger partial charge in [-0.05, 0) is 38.0 Å². The fourth-order valence-electron chi connectivity index (χ4n) is 3.42. The summed E-state index contributed by atoms with van der Waals surface area (Å²) in [5.41, 5.74) is -0.109. The Morgan fingerprint density at radius 3 is 2.66 bits per heavy atom. The van der Waals surface area contributed by atoms with E-state index in [1.165, 1.54) is 27.8 Å². The van der Waals surface area contributed by atoms with E-state index in [1.54, 1.807) is 26.1 Å². The molecule has 1 aliphatic heterocycles. The normalized spacial score (nSPS) is 17.8. The van der Waals surface area contributed by atoms with Gasteiger partial charge in [-0.2, -0.15) is 5.10 Å². The Morgan fingerprint density at radius 1 is 1.25 bits per heavy atom. The highest BCUT2D eigenvalue weighted by Crippen LogP contribution is 2.26. The van der Waals surface area contributed by atoms with Gasteiger partial charge in [-0.25, -0.2) is 4.39 Å². The molecule has 1 aromatic carbocycles. The van der Waals surface area contributed by atoms with Crippen molar-refractivity contribution >= 4 is 17.7 Å². The molecule has 10 heteroatoms. The Labute approximate surface area is 185 Å². The zero-order valence-corrected chi connectivity index (χ0v) is 18.5. The van der Waals surface area contributed by atoms with Crippen molar-refractivity contribution in [2.24, 2.45) is 0 Å². The molecule has 3 rings (SSSR count). The molecule has 1 aromatic heterocycles. The van der Waals surface area contributed by atoms with Crippen LogP contribution < -0.4 is 10.6 Å². The van der Waals surface area contributed by atoms with Gasteiger partial charge >= 0.3 is 0 Å². The lowest BCUT2D eigenvalue weighted by Gasteiger charge is -2.40. The first-order valence-electron chi connectivity index (χ1n) is 10.5. The molecule has 2 N–H and O–H groups in total. The Kier molecular flexibility index (Phi) is 7.24. The summed E-state index contributed by atoms with van der Waals surface area (Å²) in [5.74, 6) is -1.52. The quantitative estimate of drug-likeness (QED) is 0.567. The second-order valence-corrected chi connectivity index (χ2v) is 7.83. The molecule has 0 radical (unpaired) electrons. The molecule has 0 spiro atoms. The van der Waals surface area contributed by atoms with E-state index < -0.39 is 11.4 Å².